The molecule has 0 bridgehead atoms. The van der Waals surface area contributed by atoms with Crippen molar-refractivity contribution in [2.24, 2.45) is 0 Å². The zero-order valence-electron chi connectivity index (χ0n) is 13.2. The molecule has 0 aliphatic carbocycles. The third kappa shape index (κ3) is 2.81. The maximum Gasteiger partial charge on any atom is 0.163 e. The molecule has 0 radical (unpaired) electrons. The lowest BCUT2D eigenvalue weighted by Gasteiger charge is -2.07. The minimum Gasteiger partial charge on any atom is -0.340 e. The fraction of sp³-hybridized carbons (Fsp3) is 0.111. The zero-order chi connectivity index (χ0) is 16.4. The smallest absolute Gasteiger partial charge is 0.163 e. The van der Waals surface area contributed by atoms with E-state index in [1.165, 1.54) is 5.56 Å². The van der Waals surface area contributed by atoms with Gasteiger partial charge in [-0.2, -0.15) is 5.10 Å². The number of pyridine rings is 1. The van der Waals surface area contributed by atoms with E-state index in [2.05, 4.69) is 44.4 Å². The van der Waals surface area contributed by atoms with Crippen molar-refractivity contribution in [1.29, 1.82) is 0 Å². The highest BCUT2D eigenvalue weighted by Crippen LogP contribution is 2.23. The SMILES string of the molecule is Cc1ccc(Nc2ncnc3c2cnn3Cc2ccncc2)cc1. The van der Waals surface area contributed by atoms with Crippen LogP contribution >= 0.6 is 0 Å². The first-order valence-electron chi connectivity index (χ1n) is 7.69. The van der Waals surface area contributed by atoms with Crippen LogP contribution in [0.1, 0.15) is 11.1 Å². The Balaban J connectivity index is 1.67. The van der Waals surface area contributed by atoms with Gasteiger partial charge in [0.1, 0.15) is 12.1 Å². The molecule has 3 heterocycles. The summed E-state index contributed by atoms with van der Waals surface area (Å²) in [4.78, 5) is 12.8. The summed E-state index contributed by atoms with van der Waals surface area (Å²) in [7, 11) is 0. The van der Waals surface area contributed by atoms with Gasteiger partial charge < -0.3 is 5.32 Å². The van der Waals surface area contributed by atoms with Gasteiger partial charge in [0.2, 0.25) is 0 Å². The second-order valence-corrected chi connectivity index (χ2v) is 5.61. The molecule has 0 spiro atoms. The molecule has 0 aliphatic heterocycles. The van der Waals surface area contributed by atoms with Gasteiger partial charge in [0, 0.05) is 18.1 Å². The average molecular weight is 316 g/mol. The molecule has 6 heteroatoms. The summed E-state index contributed by atoms with van der Waals surface area (Å²) in [5.74, 6) is 0.754. The van der Waals surface area contributed by atoms with Gasteiger partial charge in [-0.1, -0.05) is 17.7 Å². The Labute approximate surface area is 139 Å². The lowest BCUT2D eigenvalue weighted by atomic mass is 10.2. The molecule has 0 saturated carbocycles. The number of nitrogens with zero attached hydrogens (tertiary/aromatic N) is 5. The van der Waals surface area contributed by atoms with Crippen molar-refractivity contribution < 1.29 is 0 Å². The largest absolute Gasteiger partial charge is 0.340 e. The monoisotopic (exact) mass is 316 g/mol. The molecule has 0 fully saturated rings. The van der Waals surface area contributed by atoms with E-state index in [1.807, 2.05) is 28.9 Å². The van der Waals surface area contributed by atoms with Crippen molar-refractivity contribution in [1.82, 2.24) is 24.7 Å². The molecular weight excluding hydrogens is 300 g/mol. The Bertz CT molecular complexity index is 960. The normalized spacial score (nSPS) is 10.9. The van der Waals surface area contributed by atoms with E-state index in [9.17, 15) is 0 Å². The number of aryl methyl sites for hydroxylation is 1. The Morgan fingerprint density at radius 3 is 2.58 bits per heavy atom. The van der Waals surface area contributed by atoms with E-state index in [1.54, 1.807) is 24.9 Å². The van der Waals surface area contributed by atoms with Crippen molar-refractivity contribution in [3.05, 3.63) is 72.4 Å². The third-order valence-electron chi connectivity index (χ3n) is 3.83. The molecule has 0 atom stereocenters. The molecule has 0 aliphatic rings. The van der Waals surface area contributed by atoms with Crippen LogP contribution in [0.3, 0.4) is 0 Å². The van der Waals surface area contributed by atoms with Gasteiger partial charge >= 0.3 is 0 Å². The number of benzene rings is 1. The van der Waals surface area contributed by atoms with Crippen LogP contribution in [0.4, 0.5) is 11.5 Å². The lowest BCUT2D eigenvalue weighted by molar-refractivity contribution is 0.703. The molecule has 1 N–H and O–H groups in total. The second kappa shape index (κ2) is 6.08. The number of anilines is 2. The van der Waals surface area contributed by atoms with Crippen LogP contribution in [0, 0.1) is 6.92 Å². The van der Waals surface area contributed by atoms with E-state index in [4.69, 9.17) is 0 Å². The van der Waals surface area contributed by atoms with E-state index in [-0.39, 0.29) is 0 Å². The summed E-state index contributed by atoms with van der Waals surface area (Å²) in [5.41, 5.74) is 4.14. The summed E-state index contributed by atoms with van der Waals surface area (Å²) in [5, 5.41) is 8.69. The predicted molar refractivity (Wildman–Crippen MR) is 93.1 cm³/mol. The Kier molecular flexibility index (Phi) is 3.63. The predicted octanol–water partition coefficient (Wildman–Crippen LogP) is 3.32. The van der Waals surface area contributed by atoms with Gasteiger partial charge in [-0.3, -0.25) is 4.98 Å². The molecule has 0 saturated heterocycles. The van der Waals surface area contributed by atoms with Gasteiger partial charge in [0.25, 0.3) is 0 Å². The van der Waals surface area contributed by atoms with Crippen LogP contribution in [0.25, 0.3) is 11.0 Å². The number of nitrogens with one attached hydrogen (secondary N) is 1. The summed E-state index contributed by atoms with van der Waals surface area (Å²) >= 11 is 0. The maximum absolute atomic E-state index is 4.46. The molecule has 3 aromatic heterocycles. The van der Waals surface area contributed by atoms with Crippen molar-refractivity contribution in [3.63, 3.8) is 0 Å². The molecule has 0 amide bonds. The minimum absolute atomic E-state index is 0.646. The summed E-state index contributed by atoms with van der Waals surface area (Å²) in [6, 6.07) is 12.1. The molecule has 1 aromatic carbocycles. The summed E-state index contributed by atoms with van der Waals surface area (Å²) in [6.45, 7) is 2.71. The topological polar surface area (TPSA) is 68.5 Å². The molecule has 24 heavy (non-hydrogen) atoms. The lowest BCUT2D eigenvalue weighted by Crippen LogP contribution is -2.03. The number of fused-ring (bicyclic) bond motifs is 1. The van der Waals surface area contributed by atoms with Crippen LogP contribution in [-0.4, -0.2) is 24.7 Å². The number of hydrogen-bond donors (Lipinski definition) is 1. The average Bonchev–Trinajstić information content (AvgIpc) is 3.02. The standard InChI is InChI=1S/C18H16N6/c1-13-2-4-15(5-3-13)23-17-16-10-22-24(18(16)21-12-20-17)11-14-6-8-19-9-7-14/h2-10,12H,11H2,1H3,(H,20,21,23). The van der Waals surface area contributed by atoms with Crippen LogP contribution in [0.5, 0.6) is 0 Å². The van der Waals surface area contributed by atoms with E-state index >= 15 is 0 Å². The van der Waals surface area contributed by atoms with Crippen molar-refractivity contribution in [2.75, 3.05) is 5.32 Å². The number of aromatic nitrogens is 5. The van der Waals surface area contributed by atoms with Gasteiger partial charge in [-0.05, 0) is 36.8 Å². The van der Waals surface area contributed by atoms with Gasteiger partial charge in [-0.15, -0.1) is 0 Å². The van der Waals surface area contributed by atoms with Crippen molar-refractivity contribution in [2.45, 2.75) is 13.5 Å². The fourth-order valence-corrected chi connectivity index (χ4v) is 2.54. The number of hydrogen-bond acceptors (Lipinski definition) is 5. The minimum atomic E-state index is 0.646. The second-order valence-electron chi connectivity index (χ2n) is 5.61. The quantitative estimate of drug-likeness (QED) is 0.625. The highest BCUT2D eigenvalue weighted by Gasteiger charge is 2.10. The highest BCUT2D eigenvalue weighted by atomic mass is 15.3. The van der Waals surface area contributed by atoms with Crippen LogP contribution in [0.2, 0.25) is 0 Å². The molecule has 4 rings (SSSR count). The molecular formula is C18H16N6. The first-order chi connectivity index (χ1) is 11.8. The first kappa shape index (κ1) is 14.3. The van der Waals surface area contributed by atoms with Crippen LogP contribution < -0.4 is 5.32 Å². The molecule has 0 unspecified atom stereocenters. The van der Waals surface area contributed by atoms with Gasteiger partial charge in [0.05, 0.1) is 18.1 Å². The number of rotatable bonds is 4. The Morgan fingerprint density at radius 2 is 1.79 bits per heavy atom. The fourth-order valence-electron chi connectivity index (χ4n) is 2.54. The Morgan fingerprint density at radius 1 is 1.00 bits per heavy atom. The summed E-state index contributed by atoms with van der Waals surface area (Å²) in [6.07, 6.45) is 6.91. The van der Waals surface area contributed by atoms with E-state index in [0.29, 0.717) is 6.54 Å². The zero-order valence-corrected chi connectivity index (χ0v) is 13.2. The third-order valence-corrected chi connectivity index (χ3v) is 3.83. The highest BCUT2D eigenvalue weighted by molar-refractivity contribution is 5.88. The Hall–Kier alpha value is -3.28. The maximum atomic E-state index is 4.46. The van der Waals surface area contributed by atoms with E-state index in [0.717, 1.165) is 28.1 Å². The van der Waals surface area contributed by atoms with Crippen LogP contribution in [-0.2, 0) is 6.54 Å². The molecule has 4 aromatic rings. The van der Waals surface area contributed by atoms with Gasteiger partial charge in [-0.25, -0.2) is 14.6 Å². The first-order valence-corrected chi connectivity index (χ1v) is 7.69. The summed E-state index contributed by atoms with van der Waals surface area (Å²) < 4.78 is 1.87. The molecule has 6 nitrogen and oxygen atoms in total. The van der Waals surface area contributed by atoms with E-state index < -0.39 is 0 Å². The van der Waals surface area contributed by atoms with Crippen LogP contribution in [0.15, 0.2) is 61.3 Å². The molecule has 118 valence electrons. The van der Waals surface area contributed by atoms with Gasteiger partial charge in [0.15, 0.2) is 5.65 Å². The van der Waals surface area contributed by atoms with Crippen molar-refractivity contribution in [3.8, 4) is 0 Å². The van der Waals surface area contributed by atoms with Crippen molar-refractivity contribution >= 4 is 22.5 Å².